The van der Waals surface area contributed by atoms with E-state index >= 15 is 0 Å². The van der Waals surface area contributed by atoms with Crippen LogP contribution in [0.5, 0.6) is 0 Å². The molecule has 2 amide bonds. The van der Waals surface area contributed by atoms with E-state index in [-0.39, 0.29) is 22.5 Å². The van der Waals surface area contributed by atoms with Crippen molar-refractivity contribution in [2.75, 3.05) is 4.90 Å². The first-order valence-corrected chi connectivity index (χ1v) is 18.1. The Balaban J connectivity index is 1.77. The Bertz CT molecular complexity index is 1960. The Morgan fingerprint density at radius 1 is 0.887 bits per heavy atom. The van der Waals surface area contributed by atoms with Gasteiger partial charge in [-0.2, -0.15) is 9.30 Å². The summed E-state index contributed by atoms with van der Waals surface area (Å²) in [6, 6.07) is 8.46. The van der Waals surface area contributed by atoms with Gasteiger partial charge in [0, 0.05) is 18.1 Å². The highest BCUT2D eigenvalue weighted by molar-refractivity contribution is 7.84. The number of ether oxygens (including phenoxy) is 3. The molecule has 1 aliphatic rings. The molecule has 0 N–H and O–H groups in total. The smallest absolute Gasteiger partial charge is 0.425 e. The molecule has 1 atom stereocenters. The highest BCUT2D eigenvalue weighted by atomic mass is 32.2. The molecule has 3 aromatic rings. The van der Waals surface area contributed by atoms with Crippen molar-refractivity contribution >= 4 is 58.1 Å². The van der Waals surface area contributed by atoms with Crippen LogP contribution in [0.25, 0.3) is 28.3 Å². The number of esters is 1. The molecule has 0 bridgehead atoms. The summed E-state index contributed by atoms with van der Waals surface area (Å²) in [4.78, 5) is 53.6. The number of aromatic nitrogens is 3. The van der Waals surface area contributed by atoms with Crippen LogP contribution in [-0.4, -0.2) is 71.5 Å². The normalized spacial score (nSPS) is 15.0. The third-order valence-electron chi connectivity index (χ3n) is 6.64. The standard InChI is InChI=1S/C38H46N6O8S/c1-23(2)53(48)43-27-18-14-25(15-19-27)29-21-40-33(44(34(46)50-37(6,7)8)35(47)51-38(9,10)11)32(41-29)30-20-28(42-52-30)24-12-16-26(17-13-24)39-22-31(45)49-36(3,4)5/h12-18,20-23H,19H2,1-11H3. The fourth-order valence-electron chi connectivity index (χ4n) is 4.43. The summed E-state index contributed by atoms with van der Waals surface area (Å²) in [5, 5.41) is 4.11. The minimum Gasteiger partial charge on any atom is -0.456 e. The number of imide groups is 1. The zero-order valence-electron chi connectivity index (χ0n) is 31.9. The largest absolute Gasteiger partial charge is 0.456 e. The molecule has 0 fully saturated rings. The quantitative estimate of drug-likeness (QED) is 0.123. The van der Waals surface area contributed by atoms with Crippen LogP contribution in [0, 0.1) is 0 Å². The van der Waals surface area contributed by atoms with Gasteiger partial charge in [-0.05, 0) is 99.9 Å². The molecule has 14 nitrogen and oxygen atoms in total. The summed E-state index contributed by atoms with van der Waals surface area (Å²) in [5.41, 5.74) is 0.680. The van der Waals surface area contributed by atoms with Gasteiger partial charge in [0.25, 0.3) is 0 Å². The Kier molecular flexibility index (Phi) is 12.3. The highest BCUT2D eigenvalue weighted by Crippen LogP contribution is 2.34. The molecule has 0 aliphatic heterocycles. The molecular formula is C38H46N6O8S. The average molecular weight is 747 g/mol. The fraction of sp³-hybridized carbons (Fsp3) is 0.421. The average Bonchev–Trinajstić information content (AvgIpc) is 3.52. The minimum atomic E-state index is -1.37. The van der Waals surface area contributed by atoms with Gasteiger partial charge in [0.05, 0.1) is 28.5 Å². The van der Waals surface area contributed by atoms with Gasteiger partial charge in [-0.1, -0.05) is 29.4 Å². The van der Waals surface area contributed by atoms with Gasteiger partial charge in [-0.15, -0.1) is 0 Å². The van der Waals surface area contributed by atoms with Crippen molar-refractivity contribution in [3.63, 3.8) is 0 Å². The second kappa shape index (κ2) is 16.1. The molecule has 53 heavy (non-hydrogen) atoms. The Hall–Kier alpha value is -5.31. The van der Waals surface area contributed by atoms with Gasteiger partial charge in [-0.25, -0.2) is 33.6 Å². The summed E-state index contributed by atoms with van der Waals surface area (Å²) in [7, 11) is -1.37. The number of allylic oxidation sites excluding steroid dienone is 4. The van der Waals surface area contributed by atoms with Crippen LogP contribution in [0.15, 0.2) is 68.7 Å². The van der Waals surface area contributed by atoms with Crippen molar-refractivity contribution in [1.82, 2.24) is 15.1 Å². The Morgan fingerprint density at radius 3 is 2.02 bits per heavy atom. The van der Waals surface area contributed by atoms with Gasteiger partial charge >= 0.3 is 18.2 Å². The molecule has 1 aliphatic carbocycles. The summed E-state index contributed by atoms with van der Waals surface area (Å²) >= 11 is 0. The van der Waals surface area contributed by atoms with Gasteiger partial charge in [-0.3, -0.25) is 0 Å². The van der Waals surface area contributed by atoms with Crippen molar-refractivity contribution in [3.05, 3.63) is 60.5 Å². The number of hydrogen-bond donors (Lipinski definition) is 0. The Morgan fingerprint density at radius 2 is 1.49 bits per heavy atom. The molecule has 282 valence electrons. The Labute approximate surface area is 312 Å². The predicted octanol–water partition coefficient (Wildman–Crippen LogP) is 8.38. The zero-order valence-corrected chi connectivity index (χ0v) is 32.7. The molecule has 2 aromatic heterocycles. The van der Waals surface area contributed by atoms with Crippen molar-refractivity contribution in [1.29, 1.82) is 0 Å². The first-order valence-electron chi connectivity index (χ1n) is 16.9. The molecule has 0 spiro atoms. The number of carbonyl (C=O) groups is 3. The molecular weight excluding hydrogens is 701 g/mol. The van der Waals surface area contributed by atoms with Gasteiger partial charge in [0.15, 0.2) is 17.3 Å². The maximum atomic E-state index is 13.6. The van der Waals surface area contributed by atoms with Crippen molar-refractivity contribution in [2.24, 2.45) is 9.39 Å². The molecule has 2 heterocycles. The van der Waals surface area contributed by atoms with Crippen LogP contribution in [0.1, 0.15) is 88.3 Å². The molecule has 1 aromatic carbocycles. The molecule has 4 rings (SSSR count). The van der Waals surface area contributed by atoms with Gasteiger partial charge in [0.1, 0.15) is 39.7 Å². The van der Waals surface area contributed by atoms with Crippen molar-refractivity contribution in [2.45, 2.75) is 105 Å². The van der Waals surface area contributed by atoms with Crippen LogP contribution in [0.3, 0.4) is 0 Å². The number of nitrogens with zero attached hydrogens (tertiary/aromatic N) is 6. The van der Waals surface area contributed by atoms with E-state index in [1.54, 1.807) is 105 Å². The van der Waals surface area contributed by atoms with E-state index in [1.165, 1.54) is 6.20 Å². The molecule has 0 saturated carbocycles. The van der Waals surface area contributed by atoms with Crippen LogP contribution in [0.4, 0.5) is 21.1 Å². The molecule has 0 saturated heterocycles. The second-order valence-electron chi connectivity index (χ2n) is 15.2. The van der Waals surface area contributed by atoms with Crippen LogP contribution in [-0.2, 0) is 30.0 Å². The lowest BCUT2D eigenvalue weighted by atomic mass is 10.0. The number of carbonyl (C=O) groups excluding carboxylic acids is 3. The van der Waals surface area contributed by atoms with E-state index < -0.39 is 45.9 Å². The summed E-state index contributed by atoms with van der Waals surface area (Å²) in [6.07, 6.45) is 6.25. The zero-order chi connectivity index (χ0) is 39.3. The number of benzene rings is 1. The number of hydrogen-bond acceptors (Lipinski definition) is 12. The number of anilines is 1. The van der Waals surface area contributed by atoms with E-state index in [0.717, 1.165) is 6.21 Å². The van der Waals surface area contributed by atoms with Crippen molar-refractivity contribution in [3.8, 4) is 22.7 Å². The van der Waals surface area contributed by atoms with E-state index in [0.29, 0.717) is 45.2 Å². The SMILES string of the molecule is CC(C)S(=O)N=C1C=CC(c2cnc(N(C(=O)OC(C)(C)C)C(=O)OC(C)(C)C)c(-c3cc(-c4ccc(N=CC(=O)OC(C)(C)C)cc4)no3)n2)=CC1. The molecule has 15 heteroatoms. The number of aliphatic imine (C=N–C) groups is 1. The number of rotatable bonds is 8. The maximum Gasteiger partial charge on any atom is 0.425 e. The lowest BCUT2D eigenvalue weighted by Crippen LogP contribution is -2.44. The summed E-state index contributed by atoms with van der Waals surface area (Å²) < 4.78 is 38.8. The highest BCUT2D eigenvalue weighted by Gasteiger charge is 2.37. The third-order valence-corrected chi connectivity index (χ3v) is 7.86. The number of amides is 2. The van der Waals surface area contributed by atoms with E-state index in [4.69, 9.17) is 23.7 Å². The lowest BCUT2D eigenvalue weighted by Gasteiger charge is -2.28. The maximum absolute atomic E-state index is 13.6. The van der Waals surface area contributed by atoms with Crippen molar-refractivity contribution < 1.29 is 37.3 Å². The first-order chi connectivity index (χ1) is 24.6. The van der Waals surface area contributed by atoms with Crippen LogP contribution < -0.4 is 4.90 Å². The summed E-state index contributed by atoms with van der Waals surface area (Å²) in [5.74, 6) is -0.686. The van der Waals surface area contributed by atoms with E-state index in [2.05, 4.69) is 19.5 Å². The lowest BCUT2D eigenvalue weighted by molar-refractivity contribution is -0.145. The second-order valence-corrected chi connectivity index (χ2v) is 16.9. The predicted molar refractivity (Wildman–Crippen MR) is 204 cm³/mol. The third kappa shape index (κ3) is 11.9. The van der Waals surface area contributed by atoms with Gasteiger partial charge in [0.2, 0.25) is 0 Å². The summed E-state index contributed by atoms with van der Waals surface area (Å²) in [6.45, 7) is 19.0. The minimum absolute atomic E-state index is 0.00576. The monoisotopic (exact) mass is 746 g/mol. The van der Waals surface area contributed by atoms with Gasteiger partial charge < -0.3 is 18.7 Å². The van der Waals surface area contributed by atoms with Crippen LogP contribution in [0.2, 0.25) is 0 Å². The fourth-order valence-corrected chi connectivity index (χ4v) is 5.00. The topological polar surface area (TPSA) is 176 Å². The van der Waals surface area contributed by atoms with E-state index in [9.17, 15) is 18.6 Å². The van der Waals surface area contributed by atoms with E-state index in [1.807, 2.05) is 19.9 Å². The molecule has 1 unspecified atom stereocenters. The van der Waals surface area contributed by atoms with Crippen LogP contribution >= 0.6 is 0 Å². The molecule has 0 radical (unpaired) electrons. The first kappa shape index (κ1) is 40.5.